The highest BCUT2D eigenvalue weighted by molar-refractivity contribution is 6.30. The molecule has 1 aliphatic heterocycles. The summed E-state index contributed by atoms with van der Waals surface area (Å²) in [6.07, 6.45) is 0.978. The van der Waals surface area contributed by atoms with E-state index in [4.69, 9.17) is 11.6 Å². The van der Waals surface area contributed by atoms with E-state index < -0.39 is 0 Å². The lowest BCUT2D eigenvalue weighted by Gasteiger charge is -2.11. The van der Waals surface area contributed by atoms with Gasteiger partial charge in [0.25, 0.3) is 0 Å². The number of nitrogens with zero attached hydrogens (tertiary/aromatic N) is 2. The van der Waals surface area contributed by atoms with Crippen molar-refractivity contribution in [1.82, 2.24) is 5.01 Å². The average Bonchev–Trinajstić information content (AvgIpc) is 3.13. The van der Waals surface area contributed by atoms with Crippen molar-refractivity contribution in [3.63, 3.8) is 0 Å². The molecule has 0 saturated carbocycles. The van der Waals surface area contributed by atoms with Gasteiger partial charge in [-0.25, -0.2) is 5.01 Å². The molecule has 128 valence electrons. The zero-order chi connectivity index (χ0) is 17.6. The van der Waals surface area contributed by atoms with E-state index in [1.165, 1.54) is 5.01 Å². The predicted molar refractivity (Wildman–Crippen MR) is 98.6 cm³/mol. The van der Waals surface area contributed by atoms with Crippen LogP contribution in [-0.2, 0) is 9.59 Å². The maximum Gasteiger partial charge on any atom is 0.243 e. The van der Waals surface area contributed by atoms with Gasteiger partial charge in [0.15, 0.2) is 0 Å². The molecule has 6 heteroatoms. The minimum Gasteiger partial charge on any atom is -0.326 e. The Morgan fingerprint density at radius 2 is 1.76 bits per heavy atom. The number of hydrogen-bond donors (Lipinski definition) is 1. The Kier molecular flexibility index (Phi) is 5.46. The zero-order valence-electron chi connectivity index (χ0n) is 13.6. The van der Waals surface area contributed by atoms with E-state index in [1.807, 2.05) is 30.3 Å². The summed E-state index contributed by atoms with van der Waals surface area (Å²) >= 11 is 5.80. The highest BCUT2D eigenvalue weighted by Gasteiger charge is 2.21. The lowest BCUT2D eigenvalue weighted by Crippen LogP contribution is -2.24. The number of anilines is 1. The van der Waals surface area contributed by atoms with Crippen molar-refractivity contribution >= 4 is 34.8 Å². The maximum absolute atomic E-state index is 12.2. The third-order valence-electron chi connectivity index (χ3n) is 3.89. The topological polar surface area (TPSA) is 61.8 Å². The van der Waals surface area contributed by atoms with Crippen LogP contribution in [0.5, 0.6) is 0 Å². The first-order chi connectivity index (χ1) is 12.1. The Balaban J connectivity index is 1.50. The van der Waals surface area contributed by atoms with E-state index in [2.05, 4.69) is 10.4 Å². The molecule has 0 fully saturated rings. The summed E-state index contributed by atoms with van der Waals surface area (Å²) in [6, 6.07) is 16.6. The molecule has 0 spiro atoms. The number of carbonyl (C=O) groups excluding carboxylic acids is 2. The molecule has 1 N–H and O–H groups in total. The van der Waals surface area contributed by atoms with E-state index in [-0.39, 0.29) is 24.7 Å². The molecule has 2 aromatic rings. The molecule has 0 bridgehead atoms. The minimum absolute atomic E-state index is 0.119. The molecule has 0 atom stereocenters. The van der Waals surface area contributed by atoms with Crippen molar-refractivity contribution in [3.05, 3.63) is 65.2 Å². The third kappa shape index (κ3) is 4.67. The van der Waals surface area contributed by atoms with Crippen LogP contribution in [0, 0.1) is 0 Å². The van der Waals surface area contributed by atoms with Crippen molar-refractivity contribution in [2.45, 2.75) is 19.3 Å². The molecule has 5 nitrogen and oxygen atoms in total. The molecule has 2 amide bonds. The lowest BCUT2D eigenvalue weighted by molar-refractivity contribution is -0.132. The fourth-order valence-electron chi connectivity index (χ4n) is 2.58. The molecule has 1 aliphatic rings. The van der Waals surface area contributed by atoms with Gasteiger partial charge in [-0.15, -0.1) is 0 Å². The fourth-order valence-corrected chi connectivity index (χ4v) is 2.70. The summed E-state index contributed by atoms with van der Waals surface area (Å²) in [7, 11) is 0. The number of nitrogens with one attached hydrogen (secondary N) is 1. The second-order valence-electron chi connectivity index (χ2n) is 5.73. The zero-order valence-corrected chi connectivity index (χ0v) is 14.4. The van der Waals surface area contributed by atoms with Crippen molar-refractivity contribution < 1.29 is 9.59 Å². The van der Waals surface area contributed by atoms with E-state index in [0.717, 1.165) is 17.7 Å². The smallest absolute Gasteiger partial charge is 0.243 e. The molecule has 0 saturated heterocycles. The summed E-state index contributed by atoms with van der Waals surface area (Å²) in [5.41, 5.74) is 2.59. The number of rotatable bonds is 5. The number of benzene rings is 2. The van der Waals surface area contributed by atoms with Gasteiger partial charge in [-0.3, -0.25) is 9.59 Å². The monoisotopic (exact) mass is 355 g/mol. The molecule has 2 aromatic carbocycles. The van der Waals surface area contributed by atoms with E-state index in [9.17, 15) is 9.59 Å². The summed E-state index contributed by atoms with van der Waals surface area (Å²) in [5, 5.41) is 9.19. The highest BCUT2D eigenvalue weighted by Crippen LogP contribution is 2.16. The molecule has 1 heterocycles. The SMILES string of the molecule is O=C(CCC(=O)N1CCC(c2ccccc2)=N1)Nc1ccc(Cl)cc1. The molecule has 3 rings (SSSR count). The molecular weight excluding hydrogens is 338 g/mol. The van der Waals surface area contributed by atoms with Crippen LogP contribution in [0.25, 0.3) is 0 Å². The van der Waals surface area contributed by atoms with E-state index >= 15 is 0 Å². The summed E-state index contributed by atoms with van der Waals surface area (Å²) in [5.74, 6) is -0.348. The summed E-state index contributed by atoms with van der Waals surface area (Å²) in [4.78, 5) is 24.2. The number of hydrogen-bond acceptors (Lipinski definition) is 3. The number of hydrazone groups is 1. The van der Waals surface area contributed by atoms with Gasteiger partial charge in [0, 0.05) is 30.0 Å². The Bertz CT molecular complexity index is 788. The number of halogens is 1. The van der Waals surface area contributed by atoms with Gasteiger partial charge in [-0.1, -0.05) is 41.9 Å². The Morgan fingerprint density at radius 3 is 2.48 bits per heavy atom. The lowest BCUT2D eigenvalue weighted by atomic mass is 10.1. The van der Waals surface area contributed by atoms with Crippen molar-refractivity contribution in [2.24, 2.45) is 5.10 Å². The molecule has 25 heavy (non-hydrogen) atoms. The van der Waals surface area contributed by atoms with Gasteiger partial charge in [0.05, 0.1) is 12.3 Å². The van der Waals surface area contributed by atoms with E-state index in [1.54, 1.807) is 24.3 Å². The first kappa shape index (κ1) is 17.2. The fraction of sp³-hybridized carbons (Fsp3) is 0.211. The van der Waals surface area contributed by atoms with Crippen LogP contribution < -0.4 is 5.32 Å². The Hall–Kier alpha value is -2.66. The van der Waals surface area contributed by atoms with Gasteiger partial charge >= 0.3 is 0 Å². The van der Waals surface area contributed by atoms with Crippen molar-refractivity contribution in [2.75, 3.05) is 11.9 Å². The van der Waals surface area contributed by atoms with Crippen molar-refractivity contribution in [3.8, 4) is 0 Å². The van der Waals surface area contributed by atoms with Crippen LogP contribution in [-0.4, -0.2) is 29.1 Å². The Morgan fingerprint density at radius 1 is 1.04 bits per heavy atom. The third-order valence-corrected chi connectivity index (χ3v) is 4.14. The van der Waals surface area contributed by atoms with Gasteiger partial charge in [0.2, 0.25) is 11.8 Å². The van der Waals surface area contributed by atoms with Crippen LogP contribution in [0.3, 0.4) is 0 Å². The van der Waals surface area contributed by atoms with Gasteiger partial charge in [0.1, 0.15) is 0 Å². The second-order valence-corrected chi connectivity index (χ2v) is 6.17. The largest absolute Gasteiger partial charge is 0.326 e. The van der Waals surface area contributed by atoms with Gasteiger partial charge < -0.3 is 5.32 Å². The van der Waals surface area contributed by atoms with Crippen LogP contribution in [0.1, 0.15) is 24.8 Å². The summed E-state index contributed by atoms with van der Waals surface area (Å²) < 4.78 is 0. The summed E-state index contributed by atoms with van der Waals surface area (Å²) in [6.45, 7) is 0.557. The second kappa shape index (κ2) is 7.94. The van der Waals surface area contributed by atoms with Crippen LogP contribution in [0.2, 0.25) is 5.02 Å². The van der Waals surface area contributed by atoms with E-state index in [0.29, 0.717) is 17.3 Å². The predicted octanol–water partition coefficient (Wildman–Crippen LogP) is 3.70. The molecule has 0 radical (unpaired) electrons. The van der Waals surface area contributed by atoms with Gasteiger partial charge in [-0.05, 0) is 29.8 Å². The van der Waals surface area contributed by atoms with Crippen molar-refractivity contribution in [1.29, 1.82) is 0 Å². The molecular formula is C19H18ClN3O2. The standard InChI is InChI=1S/C19H18ClN3O2/c20-15-6-8-16(9-7-15)21-18(24)10-11-19(25)23-13-12-17(22-23)14-4-2-1-3-5-14/h1-9H,10-13H2,(H,21,24). The normalized spacial score (nSPS) is 13.5. The number of carbonyl (C=O) groups is 2. The maximum atomic E-state index is 12.2. The highest BCUT2D eigenvalue weighted by atomic mass is 35.5. The Labute approximate surface area is 151 Å². The molecule has 0 unspecified atom stereocenters. The van der Waals surface area contributed by atoms with Crippen LogP contribution >= 0.6 is 11.6 Å². The number of amides is 2. The quantitative estimate of drug-likeness (QED) is 0.889. The first-order valence-corrected chi connectivity index (χ1v) is 8.48. The molecule has 0 aromatic heterocycles. The average molecular weight is 356 g/mol. The minimum atomic E-state index is -0.206. The van der Waals surface area contributed by atoms with Crippen LogP contribution in [0.4, 0.5) is 5.69 Å². The molecule has 0 aliphatic carbocycles. The van der Waals surface area contributed by atoms with Crippen LogP contribution in [0.15, 0.2) is 59.7 Å². The van der Waals surface area contributed by atoms with Gasteiger partial charge in [-0.2, -0.15) is 5.10 Å². The first-order valence-electron chi connectivity index (χ1n) is 8.10.